The summed E-state index contributed by atoms with van der Waals surface area (Å²) in [4.78, 5) is 23.4. The van der Waals surface area contributed by atoms with E-state index in [1.807, 2.05) is 34.5 Å². The lowest BCUT2D eigenvalue weighted by molar-refractivity contribution is -0.130. The molecule has 0 bridgehead atoms. The van der Waals surface area contributed by atoms with Gasteiger partial charge in [0.1, 0.15) is 0 Å². The number of thiophene rings is 1. The maximum absolute atomic E-state index is 12.5. The average Bonchev–Trinajstić information content (AvgIpc) is 3.39. The molecule has 1 aliphatic rings. The van der Waals surface area contributed by atoms with Gasteiger partial charge in [-0.2, -0.15) is 4.98 Å². The molecule has 3 aromatic rings. The Morgan fingerprint density at radius 3 is 2.75 bits per heavy atom. The number of piperazine rings is 1. The lowest BCUT2D eigenvalue weighted by Crippen LogP contribution is -2.48. The van der Waals surface area contributed by atoms with Gasteiger partial charge in [0.05, 0.1) is 17.2 Å². The summed E-state index contributed by atoms with van der Waals surface area (Å²) in [5.74, 6) is 1.95. The Balaban J connectivity index is 1.24. The van der Waals surface area contributed by atoms with Crippen LogP contribution in [0.2, 0.25) is 0 Å². The Hall–Kier alpha value is -2.16. The minimum atomic E-state index is 0.200. The Morgan fingerprint density at radius 1 is 1.18 bits per heavy atom. The van der Waals surface area contributed by atoms with Crippen LogP contribution in [-0.4, -0.2) is 57.8 Å². The quantitative estimate of drug-likeness (QED) is 0.575. The first-order valence-corrected chi connectivity index (χ1v) is 11.1. The maximum atomic E-state index is 12.5. The molecular weight excluding hydrogens is 392 g/mol. The van der Waals surface area contributed by atoms with Crippen LogP contribution in [0.25, 0.3) is 10.7 Å². The molecule has 1 amide bonds. The highest BCUT2D eigenvalue weighted by atomic mass is 32.2. The van der Waals surface area contributed by atoms with Crippen molar-refractivity contribution in [3.05, 3.63) is 53.2 Å². The molecule has 0 spiro atoms. The van der Waals surface area contributed by atoms with Crippen LogP contribution in [-0.2, 0) is 11.3 Å². The van der Waals surface area contributed by atoms with E-state index in [1.54, 1.807) is 23.1 Å². The number of aromatic nitrogens is 2. The topological polar surface area (TPSA) is 62.5 Å². The molecule has 3 heterocycles. The Morgan fingerprint density at radius 2 is 2.00 bits per heavy atom. The van der Waals surface area contributed by atoms with Crippen LogP contribution in [0.5, 0.6) is 0 Å². The van der Waals surface area contributed by atoms with Crippen molar-refractivity contribution in [2.45, 2.75) is 18.4 Å². The predicted molar refractivity (Wildman–Crippen MR) is 111 cm³/mol. The second kappa shape index (κ2) is 8.89. The first kappa shape index (κ1) is 19.2. The number of thioether (sulfide) groups is 1. The molecule has 2 aromatic heterocycles. The van der Waals surface area contributed by atoms with Gasteiger partial charge in [-0.1, -0.05) is 29.4 Å². The van der Waals surface area contributed by atoms with E-state index in [2.05, 4.69) is 34.1 Å². The van der Waals surface area contributed by atoms with Crippen molar-refractivity contribution in [3.8, 4) is 10.7 Å². The fourth-order valence-corrected chi connectivity index (χ4v) is 4.70. The molecule has 0 radical (unpaired) electrons. The summed E-state index contributed by atoms with van der Waals surface area (Å²) in [6, 6.07) is 12.1. The van der Waals surface area contributed by atoms with Gasteiger partial charge < -0.3 is 9.42 Å². The van der Waals surface area contributed by atoms with Gasteiger partial charge in [-0.05, 0) is 30.0 Å². The Labute approximate surface area is 172 Å². The van der Waals surface area contributed by atoms with Crippen molar-refractivity contribution in [1.82, 2.24) is 19.9 Å². The summed E-state index contributed by atoms with van der Waals surface area (Å²) in [6.07, 6.45) is 0. The zero-order valence-electron chi connectivity index (χ0n) is 15.7. The summed E-state index contributed by atoms with van der Waals surface area (Å²) in [6.45, 7) is 5.80. The molecule has 1 aromatic carbocycles. The maximum Gasteiger partial charge on any atom is 0.241 e. The van der Waals surface area contributed by atoms with Crippen LogP contribution in [0.3, 0.4) is 0 Å². The van der Waals surface area contributed by atoms with Gasteiger partial charge in [-0.15, -0.1) is 23.1 Å². The van der Waals surface area contributed by atoms with E-state index in [0.29, 0.717) is 24.0 Å². The minimum absolute atomic E-state index is 0.200. The van der Waals surface area contributed by atoms with Gasteiger partial charge in [-0.25, -0.2) is 0 Å². The average molecular weight is 415 g/mol. The van der Waals surface area contributed by atoms with Gasteiger partial charge in [-0.3, -0.25) is 9.69 Å². The van der Waals surface area contributed by atoms with Crippen molar-refractivity contribution < 1.29 is 9.32 Å². The first-order valence-electron chi connectivity index (χ1n) is 9.24. The summed E-state index contributed by atoms with van der Waals surface area (Å²) in [7, 11) is 0. The van der Waals surface area contributed by atoms with Crippen LogP contribution >= 0.6 is 23.1 Å². The van der Waals surface area contributed by atoms with Crippen LogP contribution in [0.4, 0.5) is 0 Å². The molecule has 0 N–H and O–H groups in total. The summed E-state index contributed by atoms with van der Waals surface area (Å²) in [5, 5.41) is 6.06. The first-order chi connectivity index (χ1) is 13.7. The van der Waals surface area contributed by atoms with Crippen molar-refractivity contribution in [1.29, 1.82) is 0 Å². The van der Waals surface area contributed by atoms with E-state index in [9.17, 15) is 4.79 Å². The number of amides is 1. The highest BCUT2D eigenvalue weighted by Crippen LogP contribution is 2.23. The van der Waals surface area contributed by atoms with Crippen molar-refractivity contribution in [3.63, 3.8) is 0 Å². The fraction of sp³-hybridized carbons (Fsp3) is 0.350. The second-order valence-corrected chi connectivity index (χ2v) is 8.67. The lowest BCUT2D eigenvalue weighted by Gasteiger charge is -2.33. The monoisotopic (exact) mass is 414 g/mol. The third kappa shape index (κ3) is 4.63. The molecule has 0 unspecified atom stereocenters. The third-order valence-electron chi connectivity index (χ3n) is 4.74. The number of rotatable bonds is 6. The molecule has 1 aliphatic heterocycles. The van der Waals surface area contributed by atoms with Crippen LogP contribution in [0, 0.1) is 6.92 Å². The molecular formula is C20H22N4O2S2. The summed E-state index contributed by atoms with van der Waals surface area (Å²) in [5.41, 5.74) is 1.21. The van der Waals surface area contributed by atoms with E-state index >= 15 is 0 Å². The van der Waals surface area contributed by atoms with Gasteiger partial charge >= 0.3 is 0 Å². The number of hydrogen-bond donors (Lipinski definition) is 0. The predicted octanol–water partition coefficient (Wildman–Crippen LogP) is 3.54. The molecule has 1 saturated heterocycles. The highest BCUT2D eigenvalue weighted by Gasteiger charge is 2.23. The Kier molecular flexibility index (Phi) is 6.09. The van der Waals surface area contributed by atoms with Gasteiger partial charge in [0, 0.05) is 31.1 Å². The van der Waals surface area contributed by atoms with E-state index < -0.39 is 0 Å². The van der Waals surface area contributed by atoms with Gasteiger partial charge in [0.15, 0.2) is 0 Å². The van der Waals surface area contributed by atoms with Gasteiger partial charge in [0.2, 0.25) is 17.6 Å². The smallest absolute Gasteiger partial charge is 0.241 e. The van der Waals surface area contributed by atoms with Crippen molar-refractivity contribution in [2.75, 3.05) is 31.9 Å². The molecule has 0 atom stereocenters. The number of benzene rings is 1. The van der Waals surface area contributed by atoms with E-state index in [-0.39, 0.29) is 5.91 Å². The van der Waals surface area contributed by atoms with Crippen LogP contribution in [0.1, 0.15) is 11.5 Å². The number of carbonyl (C=O) groups is 1. The number of nitrogens with zero attached hydrogens (tertiary/aromatic N) is 4. The molecule has 0 saturated carbocycles. The number of carbonyl (C=O) groups excluding carboxylic acids is 1. The summed E-state index contributed by atoms with van der Waals surface area (Å²) >= 11 is 3.21. The summed E-state index contributed by atoms with van der Waals surface area (Å²) < 4.78 is 5.38. The molecule has 28 heavy (non-hydrogen) atoms. The van der Waals surface area contributed by atoms with E-state index in [4.69, 9.17) is 4.52 Å². The molecule has 8 heteroatoms. The van der Waals surface area contributed by atoms with Gasteiger partial charge in [0.25, 0.3) is 0 Å². The largest absolute Gasteiger partial charge is 0.339 e. The zero-order valence-corrected chi connectivity index (χ0v) is 17.3. The number of hydrogen-bond acceptors (Lipinski definition) is 7. The van der Waals surface area contributed by atoms with Crippen molar-refractivity contribution >= 4 is 29.0 Å². The molecule has 4 rings (SSSR count). The SMILES string of the molecule is Cc1ccccc1SCC(=O)N1CCN(Cc2nc(-c3cccs3)no2)CC1. The second-order valence-electron chi connectivity index (χ2n) is 6.70. The zero-order chi connectivity index (χ0) is 19.3. The van der Waals surface area contributed by atoms with Crippen molar-refractivity contribution in [2.24, 2.45) is 0 Å². The number of aryl methyl sites for hydroxylation is 1. The third-order valence-corrected chi connectivity index (χ3v) is 6.76. The highest BCUT2D eigenvalue weighted by molar-refractivity contribution is 8.00. The van der Waals surface area contributed by atoms with E-state index in [0.717, 1.165) is 31.1 Å². The molecule has 1 fully saturated rings. The normalized spacial score (nSPS) is 15.1. The molecule has 6 nitrogen and oxygen atoms in total. The minimum Gasteiger partial charge on any atom is -0.339 e. The molecule has 146 valence electrons. The Bertz CT molecular complexity index is 918. The fourth-order valence-electron chi connectivity index (χ4n) is 3.12. The lowest BCUT2D eigenvalue weighted by atomic mass is 10.2. The standard InChI is InChI=1S/C20H22N4O2S2/c1-15-5-2-3-6-16(15)28-14-19(25)24-10-8-23(9-11-24)13-18-21-20(22-26-18)17-7-4-12-27-17/h2-7,12H,8-11,13-14H2,1H3. The molecule has 0 aliphatic carbocycles. The van der Waals surface area contributed by atoms with Crippen LogP contribution in [0.15, 0.2) is 51.2 Å². The van der Waals surface area contributed by atoms with Crippen LogP contribution < -0.4 is 0 Å². The van der Waals surface area contributed by atoms with E-state index in [1.165, 1.54) is 10.5 Å².